The summed E-state index contributed by atoms with van der Waals surface area (Å²) >= 11 is 0. The Hall–Kier alpha value is -1.66. The van der Waals surface area contributed by atoms with Gasteiger partial charge in [0.2, 0.25) is 5.91 Å². The molecule has 0 saturated carbocycles. The van der Waals surface area contributed by atoms with Gasteiger partial charge in [-0.2, -0.15) is 4.89 Å². The molecule has 0 bridgehead atoms. The fraction of sp³-hybridized carbons (Fsp3) is 0.538. The van der Waals surface area contributed by atoms with Gasteiger partial charge in [-0.15, -0.1) is 0 Å². The molecule has 0 aromatic carbocycles. The van der Waals surface area contributed by atoms with E-state index in [0.717, 1.165) is 5.56 Å². The fourth-order valence-electron chi connectivity index (χ4n) is 2.52. The molecule has 1 fully saturated rings. The lowest BCUT2D eigenvalue weighted by atomic mass is 9.73. The summed E-state index contributed by atoms with van der Waals surface area (Å²) in [7, 11) is 1.42. The monoisotopic (exact) mass is 264 g/mol. The van der Waals surface area contributed by atoms with Gasteiger partial charge in [-0.05, 0) is 19.9 Å². The van der Waals surface area contributed by atoms with E-state index in [9.17, 15) is 4.79 Å². The van der Waals surface area contributed by atoms with Gasteiger partial charge in [0.25, 0.3) is 5.88 Å². The van der Waals surface area contributed by atoms with Crippen LogP contribution in [0.4, 0.5) is 0 Å². The molecule has 0 atom stereocenters. The summed E-state index contributed by atoms with van der Waals surface area (Å²) in [6, 6.07) is 3.65. The number of nitrogens with one attached hydrogen (secondary N) is 1. The van der Waals surface area contributed by atoms with E-state index in [1.165, 1.54) is 7.11 Å². The van der Waals surface area contributed by atoms with Crippen molar-refractivity contribution in [3.05, 3.63) is 23.4 Å². The van der Waals surface area contributed by atoms with Gasteiger partial charge in [0.15, 0.2) is 0 Å². The first-order valence-corrected chi connectivity index (χ1v) is 6.13. The molecule has 0 aliphatic carbocycles. The van der Waals surface area contributed by atoms with Crippen molar-refractivity contribution in [1.29, 1.82) is 0 Å². The molecule has 1 saturated heterocycles. The summed E-state index contributed by atoms with van der Waals surface area (Å²) in [5.74, 6) is 0.296. The molecule has 2 aliphatic rings. The zero-order valence-corrected chi connectivity index (χ0v) is 11.1. The predicted molar refractivity (Wildman–Crippen MR) is 65.5 cm³/mol. The minimum absolute atomic E-state index is 0.0506. The number of amides is 1. The first kappa shape index (κ1) is 12.4. The highest BCUT2D eigenvalue weighted by molar-refractivity contribution is 5.90. The van der Waals surface area contributed by atoms with E-state index in [1.807, 2.05) is 19.9 Å². The second kappa shape index (κ2) is 3.91. The smallest absolute Gasteiger partial charge is 0.256 e. The lowest BCUT2D eigenvalue weighted by Gasteiger charge is -2.49. The van der Waals surface area contributed by atoms with E-state index in [0.29, 0.717) is 24.8 Å². The molecule has 6 heteroatoms. The predicted octanol–water partition coefficient (Wildman–Crippen LogP) is 0.655. The van der Waals surface area contributed by atoms with Gasteiger partial charge in [-0.25, -0.2) is 4.98 Å². The molecule has 1 N–H and O–H groups in total. The number of carbonyl (C=O) groups is 1. The Morgan fingerprint density at radius 2 is 2.11 bits per heavy atom. The maximum absolute atomic E-state index is 12.3. The molecule has 1 aromatic rings. The number of ether oxygens (including phenoxy) is 1. The first-order valence-electron chi connectivity index (χ1n) is 6.13. The zero-order valence-electron chi connectivity index (χ0n) is 11.1. The number of nitrogens with zero attached hydrogens (tertiary/aromatic N) is 1. The number of hydrogen-bond donors (Lipinski definition) is 1. The molecule has 1 aromatic heterocycles. The summed E-state index contributed by atoms with van der Waals surface area (Å²) in [6.07, 6.45) is 0. The van der Waals surface area contributed by atoms with Crippen LogP contribution in [0.1, 0.15) is 25.1 Å². The maximum Gasteiger partial charge on any atom is 0.256 e. The van der Waals surface area contributed by atoms with Crippen molar-refractivity contribution < 1.29 is 19.3 Å². The third kappa shape index (κ3) is 1.63. The molecule has 0 unspecified atom stereocenters. The summed E-state index contributed by atoms with van der Waals surface area (Å²) in [4.78, 5) is 26.3. The maximum atomic E-state index is 12.3. The van der Waals surface area contributed by atoms with E-state index < -0.39 is 11.0 Å². The average molecular weight is 264 g/mol. The highest BCUT2D eigenvalue weighted by Crippen LogP contribution is 2.41. The van der Waals surface area contributed by atoms with Crippen LogP contribution in [-0.2, 0) is 25.4 Å². The van der Waals surface area contributed by atoms with Gasteiger partial charge >= 0.3 is 0 Å². The van der Waals surface area contributed by atoms with Crippen LogP contribution < -0.4 is 10.2 Å². The van der Waals surface area contributed by atoms with Gasteiger partial charge in [-0.3, -0.25) is 4.79 Å². The lowest BCUT2D eigenvalue weighted by Crippen LogP contribution is -2.66. The van der Waals surface area contributed by atoms with Crippen LogP contribution in [0.15, 0.2) is 12.1 Å². The highest BCUT2D eigenvalue weighted by atomic mass is 17.2. The van der Waals surface area contributed by atoms with Crippen molar-refractivity contribution in [3.8, 4) is 5.88 Å². The largest absolute Gasteiger partial charge is 0.376 e. The van der Waals surface area contributed by atoms with Gasteiger partial charge in [-0.1, -0.05) is 0 Å². The Bertz CT molecular complexity index is 537. The Morgan fingerprint density at radius 3 is 2.68 bits per heavy atom. The summed E-state index contributed by atoms with van der Waals surface area (Å²) in [5, 5.41) is 3.05. The van der Waals surface area contributed by atoms with Crippen molar-refractivity contribution in [3.63, 3.8) is 0 Å². The zero-order chi connectivity index (χ0) is 13.7. The number of rotatable bonds is 2. The summed E-state index contributed by atoms with van der Waals surface area (Å²) in [5.41, 5.74) is 0.574. The third-order valence-corrected chi connectivity index (χ3v) is 3.76. The minimum atomic E-state index is -0.705. The quantitative estimate of drug-likeness (QED) is 0.627. The van der Waals surface area contributed by atoms with Crippen LogP contribution in [0, 0.1) is 0 Å². The van der Waals surface area contributed by atoms with E-state index in [-0.39, 0.29) is 5.91 Å². The van der Waals surface area contributed by atoms with Crippen molar-refractivity contribution >= 4 is 5.91 Å². The average Bonchev–Trinajstić information content (AvgIpc) is 2.33. The van der Waals surface area contributed by atoms with Crippen molar-refractivity contribution in [2.75, 3.05) is 20.3 Å². The van der Waals surface area contributed by atoms with E-state index in [2.05, 4.69) is 15.2 Å². The van der Waals surface area contributed by atoms with Gasteiger partial charge in [0.1, 0.15) is 5.54 Å². The number of pyridine rings is 1. The van der Waals surface area contributed by atoms with Crippen LogP contribution in [0.2, 0.25) is 0 Å². The van der Waals surface area contributed by atoms with Gasteiger partial charge in [0.05, 0.1) is 31.4 Å². The van der Waals surface area contributed by atoms with Crippen LogP contribution in [0.3, 0.4) is 0 Å². The number of carbonyl (C=O) groups excluding carboxylic acids is 1. The van der Waals surface area contributed by atoms with E-state index in [4.69, 9.17) is 9.62 Å². The van der Waals surface area contributed by atoms with Crippen molar-refractivity contribution in [2.24, 2.45) is 0 Å². The molecule has 3 heterocycles. The van der Waals surface area contributed by atoms with Crippen LogP contribution in [0.5, 0.6) is 5.88 Å². The van der Waals surface area contributed by atoms with Crippen molar-refractivity contribution in [2.45, 2.75) is 24.8 Å². The van der Waals surface area contributed by atoms with E-state index >= 15 is 0 Å². The minimum Gasteiger partial charge on any atom is -0.376 e. The summed E-state index contributed by atoms with van der Waals surface area (Å²) < 4.78 is 5.27. The molecule has 102 valence electrons. The number of fused-ring (bicyclic) bond motifs is 2. The van der Waals surface area contributed by atoms with Crippen LogP contribution in [0.25, 0.3) is 0 Å². The second-order valence-corrected chi connectivity index (χ2v) is 5.45. The molecule has 0 radical (unpaired) electrons. The Kier molecular flexibility index (Phi) is 2.55. The van der Waals surface area contributed by atoms with Crippen molar-refractivity contribution in [1.82, 2.24) is 10.3 Å². The van der Waals surface area contributed by atoms with Gasteiger partial charge < -0.3 is 14.9 Å². The third-order valence-electron chi connectivity index (χ3n) is 3.76. The summed E-state index contributed by atoms with van der Waals surface area (Å²) in [6.45, 7) is 4.65. The molecule has 6 nitrogen and oxygen atoms in total. The Morgan fingerprint density at radius 1 is 1.37 bits per heavy atom. The molecular formula is C13H16N2O4. The fourth-order valence-corrected chi connectivity index (χ4v) is 2.52. The second-order valence-electron chi connectivity index (χ2n) is 5.45. The van der Waals surface area contributed by atoms with Crippen LogP contribution in [-0.4, -0.2) is 31.2 Å². The SMILES string of the molecule is COOc1ccc2c(n1)C(C)(C)C(=O)NC21COC1. The normalized spacial score (nSPS) is 22.4. The number of aromatic nitrogens is 1. The molecule has 3 rings (SSSR count). The Labute approximate surface area is 111 Å². The lowest BCUT2D eigenvalue weighted by molar-refractivity contribution is -0.182. The molecule has 19 heavy (non-hydrogen) atoms. The standard InChI is InChI=1S/C13H16N2O4/c1-12(2)10-8(4-5-9(14-10)19-17-3)13(6-18-7-13)15-11(12)16/h4-5H,6-7H2,1-3H3,(H,15,16). The first-order chi connectivity index (χ1) is 8.99. The Balaban J connectivity index is 2.14. The highest BCUT2D eigenvalue weighted by Gasteiger charge is 2.52. The number of hydrogen-bond acceptors (Lipinski definition) is 5. The van der Waals surface area contributed by atoms with Crippen LogP contribution >= 0.6 is 0 Å². The molecular weight excluding hydrogens is 248 g/mol. The van der Waals surface area contributed by atoms with Gasteiger partial charge in [0, 0.05) is 11.6 Å². The molecule has 1 amide bonds. The van der Waals surface area contributed by atoms with E-state index in [1.54, 1.807) is 6.07 Å². The molecule has 1 spiro atoms. The molecule has 2 aliphatic heterocycles. The topological polar surface area (TPSA) is 69.7 Å².